The zero-order valence-corrected chi connectivity index (χ0v) is 12.5. The smallest absolute Gasteiger partial charge is 0.183 e. The largest absolute Gasteiger partial charge is 0.283 e. The molecule has 0 aliphatic carbocycles. The van der Waals surface area contributed by atoms with E-state index in [2.05, 4.69) is 37.1 Å². The van der Waals surface area contributed by atoms with Crippen LogP contribution in [0, 0.1) is 6.92 Å². The Hall–Kier alpha value is -2.49. The minimum atomic E-state index is 0.300. The van der Waals surface area contributed by atoms with Crippen molar-refractivity contribution < 1.29 is 0 Å². The second-order valence-corrected chi connectivity index (χ2v) is 5.40. The van der Waals surface area contributed by atoms with Gasteiger partial charge in [0.2, 0.25) is 0 Å². The monoisotopic (exact) mass is 278 g/mol. The van der Waals surface area contributed by atoms with E-state index in [1.165, 1.54) is 0 Å². The number of pyridine rings is 1. The molecule has 3 aromatic rings. The van der Waals surface area contributed by atoms with Gasteiger partial charge in [-0.25, -0.2) is 4.98 Å². The van der Waals surface area contributed by atoms with E-state index in [-0.39, 0.29) is 0 Å². The van der Waals surface area contributed by atoms with Crippen LogP contribution in [0.5, 0.6) is 0 Å². The molecule has 2 heterocycles. The van der Waals surface area contributed by atoms with Crippen molar-refractivity contribution in [2.45, 2.75) is 26.7 Å². The normalized spacial score (nSPS) is 11.8. The lowest BCUT2D eigenvalue weighted by atomic mass is 10.1. The number of aryl methyl sites for hydroxylation is 1. The molecule has 3 rings (SSSR count). The summed E-state index contributed by atoms with van der Waals surface area (Å²) in [6.45, 7) is 6.31. The van der Waals surface area contributed by atoms with Crippen LogP contribution in [0.1, 0.15) is 31.0 Å². The fourth-order valence-electron chi connectivity index (χ4n) is 2.30. The van der Waals surface area contributed by atoms with Gasteiger partial charge in [-0.15, -0.1) is 10.2 Å². The molecule has 0 saturated heterocycles. The number of fused-ring (bicyclic) bond motifs is 1. The van der Waals surface area contributed by atoms with Crippen molar-refractivity contribution in [3.63, 3.8) is 0 Å². The van der Waals surface area contributed by atoms with Crippen LogP contribution in [0.2, 0.25) is 0 Å². The highest BCUT2D eigenvalue weighted by Gasteiger charge is 2.15. The van der Waals surface area contributed by atoms with Crippen LogP contribution in [-0.2, 0) is 0 Å². The van der Waals surface area contributed by atoms with Gasteiger partial charge in [0, 0.05) is 6.20 Å². The molecule has 0 radical (unpaired) electrons. The number of nitrogens with zero attached hydrogens (tertiary/aromatic N) is 4. The zero-order valence-electron chi connectivity index (χ0n) is 12.5. The first-order valence-corrected chi connectivity index (χ1v) is 7.11. The topological polar surface area (TPSA) is 42.0 Å². The molecule has 0 spiro atoms. The second-order valence-electron chi connectivity index (χ2n) is 5.40. The summed E-state index contributed by atoms with van der Waals surface area (Å²) in [5.74, 6) is 1.11. The third-order valence-electron chi connectivity index (χ3n) is 3.41. The van der Waals surface area contributed by atoms with Gasteiger partial charge in [-0.3, -0.25) is 4.40 Å². The van der Waals surface area contributed by atoms with Crippen LogP contribution in [0.3, 0.4) is 0 Å². The molecule has 0 fully saturated rings. The molecule has 4 heteroatoms. The van der Waals surface area contributed by atoms with E-state index in [9.17, 15) is 0 Å². The van der Waals surface area contributed by atoms with Crippen molar-refractivity contribution in [3.8, 4) is 0 Å². The molecule has 1 aromatic carbocycles. The summed E-state index contributed by atoms with van der Waals surface area (Å²) in [6.07, 6.45) is 1.99. The van der Waals surface area contributed by atoms with Crippen LogP contribution in [0.4, 0.5) is 11.5 Å². The maximum atomic E-state index is 4.73. The summed E-state index contributed by atoms with van der Waals surface area (Å²) >= 11 is 0. The van der Waals surface area contributed by atoms with E-state index in [0.29, 0.717) is 5.92 Å². The SMILES string of the molecule is Cc1cccn2c(N=Nc3ccccc3)c(C(C)C)nc12. The molecule has 0 amide bonds. The fourth-order valence-corrected chi connectivity index (χ4v) is 2.30. The number of rotatable bonds is 3. The molecular formula is C17H18N4. The highest BCUT2D eigenvalue weighted by molar-refractivity contribution is 5.57. The number of imidazole rings is 1. The summed E-state index contributed by atoms with van der Waals surface area (Å²) in [5, 5.41) is 8.79. The van der Waals surface area contributed by atoms with E-state index in [1.54, 1.807) is 0 Å². The van der Waals surface area contributed by atoms with Crippen LogP contribution in [0.15, 0.2) is 58.9 Å². The summed E-state index contributed by atoms with van der Waals surface area (Å²) in [6, 6.07) is 13.8. The quantitative estimate of drug-likeness (QED) is 0.608. The second kappa shape index (κ2) is 5.48. The Morgan fingerprint density at radius 1 is 1.00 bits per heavy atom. The predicted molar refractivity (Wildman–Crippen MR) is 84.6 cm³/mol. The Bertz CT molecular complexity index is 785. The maximum absolute atomic E-state index is 4.73. The third kappa shape index (κ3) is 2.57. The molecule has 21 heavy (non-hydrogen) atoms. The standard InChI is InChI=1S/C17H18N4/c1-12(2)15-17(20-19-14-9-5-4-6-10-14)21-11-7-8-13(3)16(21)18-15/h4-12H,1-3H3. The first-order valence-electron chi connectivity index (χ1n) is 7.11. The van der Waals surface area contributed by atoms with Crippen molar-refractivity contribution >= 4 is 17.2 Å². The number of hydrogen-bond donors (Lipinski definition) is 0. The van der Waals surface area contributed by atoms with Crippen molar-refractivity contribution in [1.82, 2.24) is 9.38 Å². The average Bonchev–Trinajstić information content (AvgIpc) is 2.87. The minimum absolute atomic E-state index is 0.300. The first kappa shape index (κ1) is 13.5. The van der Waals surface area contributed by atoms with Crippen LogP contribution in [0.25, 0.3) is 5.65 Å². The Kier molecular flexibility index (Phi) is 3.52. The Labute approximate surface area is 124 Å². The molecule has 0 aliphatic rings. The average molecular weight is 278 g/mol. The lowest BCUT2D eigenvalue weighted by Gasteiger charge is -2.01. The summed E-state index contributed by atoms with van der Waals surface area (Å²) in [7, 11) is 0. The van der Waals surface area contributed by atoms with Gasteiger partial charge in [-0.1, -0.05) is 38.1 Å². The van der Waals surface area contributed by atoms with E-state index in [1.807, 2.05) is 47.0 Å². The Balaban J connectivity index is 2.14. The van der Waals surface area contributed by atoms with E-state index < -0.39 is 0 Å². The van der Waals surface area contributed by atoms with Crippen LogP contribution < -0.4 is 0 Å². The fraction of sp³-hybridized carbons (Fsp3) is 0.235. The number of hydrogen-bond acceptors (Lipinski definition) is 3. The van der Waals surface area contributed by atoms with Gasteiger partial charge in [-0.05, 0) is 36.6 Å². The molecule has 2 aromatic heterocycles. The molecule has 0 N–H and O–H groups in total. The first-order chi connectivity index (χ1) is 10.2. The van der Waals surface area contributed by atoms with Gasteiger partial charge in [0.05, 0.1) is 11.4 Å². The molecule has 0 unspecified atom stereocenters. The minimum Gasteiger partial charge on any atom is -0.283 e. The highest BCUT2D eigenvalue weighted by atomic mass is 15.2. The Morgan fingerprint density at radius 2 is 1.76 bits per heavy atom. The summed E-state index contributed by atoms with van der Waals surface area (Å²) < 4.78 is 2.01. The van der Waals surface area contributed by atoms with E-state index in [4.69, 9.17) is 4.98 Å². The van der Waals surface area contributed by atoms with Gasteiger partial charge in [0.15, 0.2) is 5.82 Å². The lowest BCUT2D eigenvalue weighted by molar-refractivity contribution is 0.831. The van der Waals surface area contributed by atoms with Crippen molar-refractivity contribution in [2.24, 2.45) is 10.2 Å². The lowest BCUT2D eigenvalue weighted by Crippen LogP contribution is -1.87. The number of benzene rings is 1. The molecule has 0 aliphatic heterocycles. The molecular weight excluding hydrogens is 260 g/mol. The Morgan fingerprint density at radius 3 is 2.48 bits per heavy atom. The zero-order chi connectivity index (χ0) is 14.8. The van der Waals surface area contributed by atoms with Crippen molar-refractivity contribution in [3.05, 3.63) is 59.9 Å². The summed E-state index contributed by atoms with van der Waals surface area (Å²) in [5.41, 5.74) is 3.91. The maximum Gasteiger partial charge on any atom is 0.183 e. The van der Waals surface area contributed by atoms with Crippen LogP contribution in [-0.4, -0.2) is 9.38 Å². The van der Waals surface area contributed by atoms with Crippen molar-refractivity contribution in [2.75, 3.05) is 0 Å². The molecule has 106 valence electrons. The highest BCUT2D eigenvalue weighted by Crippen LogP contribution is 2.30. The van der Waals surface area contributed by atoms with E-state index >= 15 is 0 Å². The van der Waals surface area contributed by atoms with Gasteiger partial charge in [-0.2, -0.15) is 0 Å². The van der Waals surface area contributed by atoms with Gasteiger partial charge in [0.25, 0.3) is 0 Å². The van der Waals surface area contributed by atoms with Gasteiger partial charge < -0.3 is 0 Å². The number of azo groups is 1. The number of aromatic nitrogens is 2. The van der Waals surface area contributed by atoms with E-state index in [0.717, 1.165) is 28.4 Å². The van der Waals surface area contributed by atoms with Gasteiger partial charge in [0.1, 0.15) is 5.65 Å². The molecule has 0 saturated carbocycles. The molecule has 4 nitrogen and oxygen atoms in total. The third-order valence-corrected chi connectivity index (χ3v) is 3.41. The molecule has 0 atom stereocenters. The summed E-state index contributed by atoms with van der Waals surface area (Å²) in [4.78, 5) is 4.73. The van der Waals surface area contributed by atoms with Crippen LogP contribution >= 0.6 is 0 Å². The molecule has 0 bridgehead atoms. The van der Waals surface area contributed by atoms with Crippen molar-refractivity contribution in [1.29, 1.82) is 0 Å². The van der Waals surface area contributed by atoms with Gasteiger partial charge >= 0.3 is 0 Å². The predicted octanol–water partition coefficient (Wildman–Crippen LogP) is 5.18.